The Balaban J connectivity index is 2.72. The molecule has 0 aliphatic carbocycles. The highest BCUT2D eigenvalue weighted by Crippen LogP contribution is 2.30. The Hall–Kier alpha value is -0.750. The van der Waals surface area contributed by atoms with Gasteiger partial charge in [0.2, 0.25) is 0 Å². The van der Waals surface area contributed by atoms with Crippen LogP contribution in [-0.4, -0.2) is 21.4 Å². The topological polar surface area (TPSA) is 33.1 Å². The second-order valence-electron chi connectivity index (χ2n) is 3.45. The molecule has 0 aliphatic heterocycles. The number of aromatic nitrogens is 1. The predicted molar refractivity (Wildman–Crippen MR) is 56.2 cm³/mol. The minimum Gasteiger partial charge on any atom is -0.392 e. The summed E-state index contributed by atoms with van der Waals surface area (Å²) < 4.78 is 36.7. The summed E-state index contributed by atoms with van der Waals surface area (Å²) >= 11 is 1.24. The van der Waals surface area contributed by atoms with Crippen LogP contribution in [0.2, 0.25) is 0 Å². The van der Waals surface area contributed by atoms with Gasteiger partial charge in [-0.2, -0.15) is 13.2 Å². The lowest BCUT2D eigenvalue weighted by atomic mass is 10.3. The van der Waals surface area contributed by atoms with E-state index in [-0.39, 0.29) is 5.25 Å². The lowest BCUT2D eigenvalue weighted by Gasteiger charge is -2.13. The molecule has 0 bridgehead atoms. The molecule has 2 nitrogen and oxygen atoms in total. The first-order valence-electron chi connectivity index (χ1n) is 4.68. The molecule has 0 saturated heterocycles. The van der Waals surface area contributed by atoms with Gasteiger partial charge >= 0.3 is 6.18 Å². The van der Waals surface area contributed by atoms with Crippen molar-refractivity contribution >= 4 is 11.8 Å². The third-order valence-electron chi connectivity index (χ3n) is 2.05. The van der Waals surface area contributed by atoms with Crippen molar-refractivity contribution in [1.82, 2.24) is 4.98 Å². The molecule has 1 aromatic heterocycles. The predicted octanol–water partition coefficient (Wildman–Crippen LogP) is 2.96. The van der Waals surface area contributed by atoms with E-state index >= 15 is 0 Å². The van der Waals surface area contributed by atoms with Gasteiger partial charge in [-0.1, -0.05) is 6.92 Å². The number of hydrogen-bond acceptors (Lipinski definition) is 3. The van der Waals surface area contributed by atoms with E-state index in [0.29, 0.717) is 5.03 Å². The molecule has 1 heterocycles. The van der Waals surface area contributed by atoms with Gasteiger partial charge in [0.15, 0.2) is 0 Å². The molecular formula is C10H12F3NOS. The molecule has 0 amide bonds. The van der Waals surface area contributed by atoms with E-state index in [1.54, 1.807) is 13.8 Å². The number of halogens is 3. The smallest absolute Gasteiger partial charge is 0.392 e. The molecule has 1 N–H and O–H groups in total. The highest BCUT2D eigenvalue weighted by atomic mass is 32.2. The molecule has 1 rings (SSSR count). The van der Waals surface area contributed by atoms with Crippen LogP contribution in [0.15, 0.2) is 23.4 Å². The Morgan fingerprint density at radius 2 is 1.94 bits per heavy atom. The van der Waals surface area contributed by atoms with Crippen molar-refractivity contribution in [3.63, 3.8) is 0 Å². The summed E-state index contributed by atoms with van der Waals surface area (Å²) in [7, 11) is 0. The first kappa shape index (κ1) is 13.3. The van der Waals surface area contributed by atoms with Crippen LogP contribution in [0, 0.1) is 0 Å². The van der Waals surface area contributed by atoms with Crippen LogP contribution in [0.1, 0.15) is 19.4 Å². The van der Waals surface area contributed by atoms with Gasteiger partial charge in [-0.05, 0) is 19.1 Å². The molecule has 0 spiro atoms. The molecule has 16 heavy (non-hydrogen) atoms. The van der Waals surface area contributed by atoms with Crippen LogP contribution in [-0.2, 0) is 6.18 Å². The average Bonchev–Trinajstić information content (AvgIpc) is 2.17. The molecule has 6 heteroatoms. The third kappa shape index (κ3) is 3.68. The van der Waals surface area contributed by atoms with E-state index in [0.717, 1.165) is 12.3 Å². The Morgan fingerprint density at radius 1 is 1.31 bits per heavy atom. The molecular weight excluding hydrogens is 239 g/mol. The molecule has 0 saturated carbocycles. The van der Waals surface area contributed by atoms with Crippen molar-refractivity contribution in [3.05, 3.63) is 23.9 Å². The van der Waals surface area contributed by atoms with Crippen molar-refractivity contribution in [3.8, 4) is 0 Å². The molecule has 0 aromatic carbocycles. The maximum absolute atomic E-state index is 12.2. The summed E-state index contributed by atoms with van der Waals surface area (Å²) in [6.45, 7) is 3.41. The zero-order valence-corrected chi connectivity index (χ0v) is 9.64. The van der Waals surface area contributed by atoms with Crippen molar-refractivity contribution in [2.45, 2.75) is 36.4 Å². The van der Waals surface area contributed by atoms with Gasteiger partial charge < -0.3 is 5.11 Å². The van der Waals surface area contributed by atoms with Gasteiger partial charge in [0.25, 0.3) is 0 Å². The van der Waals surface area contributed by atoms with Crippen LogP contribution >= 0.6 is 11.8 Å². The van der Waals surface area contributed by atoms with Crippen molar-refractivity contribution in [1.29, 1.82) is 0 Å². The van der Waals surface area contributed by atoms with Crippen molar-refractivity contribution < 1.29 is 18.3 Å². The fourth-order valence-electron chi connectivity index (χ4n) is 0.907. The van der Waals surface area contributed by atoms with Gasteiger partial charge in [-0.25, -0.2) is 4.98 Å². The Kier molecular flexibility index (Phi) is 4.21. The van der Waals surface area contributed by atoms with E-state index in [1.807, 2.05) is 0 Å². The van der Waals surface area contributed by atoms with E-state index in [2.05, 4.69) is 4.98 Å². The minimum atomic E-state index is -4.36. The van der Waals surface area contributed by atoms with Gasteiger partial charge in [-0.3, -0.25) is 0 Å². The number of aliphatic hydroxyl groups is 1. The van der Waals surface area contributed by atoms with Crippen LogP contribution in [0.5, 0.6) is 0 Å². The number of aliphatic hydroxyl groups excluding tert-OH is 1. The number of hydrogen-bond donors (Lipinski definition) is 1. The van der Waals surface area contributed by atoms with E-state index < -0.39 is 17.8 Å². The summed E-state index contributed by atoms with van der Waals surface area (Å²) in [5.41, 5.74) is -0.762. The quantitative estimate of drug-likeness (QED) is 0.838. The highest BCUT2D eigenvalue weighted by molar-refractivity contribution is 7.99. The van der Waals surface area contributed by atoms with Crippen LogP contribution in [0.25, 0.3) is 0 Å². The molecule has 2 atom stereocenters. The number of nitrogens with zero attached hydrogens (tertiary/aromatic N) is 1. The Bertz CT molecular complexity index is 337. The third-order valence-corrected chi connectivity index (χ3v) is 3.30. The second kappa shape index (κ2) is 5.05. The monoisotopic (exact) mass is 251 g/mol. The average molecular weight is 251 g/mol. The molecule has 90 valence electrons. The number of alkyl halides is 3. The molecule has 2 unspecified atom stereocenters. The number of thioether (sulfide) groups is 1. The van der Waals surface area contributed by atoms with Gasteiger partial charge in [0.05, 0.1) is 16.7 Å². The van der Waals surface area contributed by atoms with Gasteiger partial charge in [0.1, 0.15) is 0 Å². The summed E-state index contributed by atoms with van der Waals surface area (Å²) in [5, 5.41) is 9.60. The first-order chi connectivity index (χ1) is 7.30. The number of pyridine rings is 1. The summed E-state index contributed by atoms with van der Waals surface area (Å²) in [4.78, 5) is 3.70. The largest absolute Gasteiger partial charge is 0.417 e. The summed E-state index contributed by atoms with van der Waals surface area (Å²) in [5.74, 6) is 0. The van der Waals surface area contributed by atoms with E-state index in [4.69, 9.17) is 0 Å². The van der Waals surface area contributed by atoms with Crippen LogP contribution in [0.3, 0.4) is 0 Å². The standard InChI is InChI=1S/C10H12F3NOS/c1-6(15)7(2)16-9-4-3-8(5-14-9)10(11,12)13/h3-7,15H,1-2H3. The normalized spacial score (nSPS) is 15.9. The summed E-state index contributed by atoms with van der Waals surface area (Å²) in [6.07, 6.45) is -4.09. The van der Waals surface area contributed by atoms with E-state index in [1.165, 1.54) is 17.8 Å². The first-order valence-corrected chi connectivity index (χ1v) is 5.56. The van der Waals surface area contributed by atoms with Crippen molar-refractivity contribution in [2.75, 3.05) is 0 Å². The van der Waals surface area contributed by atoms with Crippen LogP contribution in [0.4, 0.5) is 13.2 Å². The lowest BCUT2D eigenvalue weighted by Crippen LogP contribution is -2.15. The summed E-state index contributed by atoms with van der Waals surface area (Å²) in [6, 6.07) is 2.30. The Morgan fingerprint density at radius 3 is 2.31 bits per heavy atom. The molecule has 0 fully saturated rings. The maximum atomic E-state index is 12.2. The molecule has 0 radical (unpaired) electrons. The van der Waals surface area contributed by atoms with E-state index in [9.17, 15) is 18.3 Å². The fourth-order valence-corrected chi connectivity index (χ4v) is 1.74. The maximum Gasteiger partial charge on any atom is 0.417 e. The second-order valence-corrected chi connectivity index (χ2v) is 4.84. The van der Waals surface area contributed by atoms with Gasteiger partial charge in [0, 0.05) is 11.4 Å². The van der Waals surface area contributed by atoms with Crippen LogP contribution < -0.4 is 0 Å². The zero-order valence-electron chi connectivity index (χ0n) is 8.82. The lowest BCUT2D eigenvalue weighted by molar-refractivity contribution is -0.137. The molecule has 1 aromatic rings. The Labute approximate surface area is 95.9 Å². The number of rotatable bonds is 3. The zero-order chi connectivity index (χ0) is 12.3. The van der Waals surface area contributed by atoms with Crippen molar-refractivity contribution in [2.24, 2.45) is 0 Å². The SMILES string of the molecule is CC(O)C(C)Sc1ccc(C(F)(F)F)cn1. The van der Waals surface area contributed by atoms with Gasteiger partial charge in [-0.15, -0.1) is 11.8 Å². The highest BCUT2D eigenvalue weighted by Gasteiger charge is 2.30. The minimum absolute atomic E-state index is 0.107. The fraction of sp³-hybridized carbons (Fsp3) is 0.500. The molecule has 0 aliphatic rings.